The Balaban J connectivity index is 2.67. The van der Waals surface area contributed by atoms with Crippen LogP contribution >= 0.6 is 15.9 Å². The molecule has 0 bridgehead atoms. The third kappa shape index (κ3) is 3.97. The Bertz CT molecular complexity index is 916. The number of nitro groups is 1. The van der Waals surface area contributed by atoms with Crippen LogP contribution in [0.5, 0.6) is 0 Å². The summed E-state index contributed by atoms with van der Waals surface area (Å²) in [6, 6.07) is 11.3. The molecule has 2 aromatic carbocycles. The molecule has 0 spiro atoms. The Kier molecular flexibility index (Phi) is 5.75. The van der Waals surface area contributed by atoms with Crippen molar-refractivity contribution >= 4 is 43.3 Å². The van der Waals surface area contributed by atoms with Gasteiger partial charge in [0.25, 0.3) is 15.7 Å². The van der Waals surface area contributed by atoms with Crippen molar-refractivity contribution in [3.63, 3.8) is 0 Å². The van der Waals surface area contributed by atoms with Gasteiger partial charge in [0.05, 0.1) is 17.7 Å². The lowest BCUT2D eigenvalue weighted by molar-refractivity contribution is -0.387. The summed E-state index contributed by atoms with van der Waals surface area (Å²) in [6.07, 6.45) is 0. The van der Waals surface area contributed by atoms with Gasteiger partial charge in [0, 0.05) is 10.5 Å². The van der Waals surface area contributed by atoms with Gasteiger partial charge in [0.2, 0.25) is 0 Å². The SMILES string of the molecule is COC(=O)CN(c1ccccc1Br)S(=O)(=O)c1ccccc1[N+](=O)[O-]. The molecule has 0 atom stereocenters. The number of ether oxygens (including phenoxy) is 1. The first-order chi connectivity index (χ1) is 11.8. The lowest BCUT2D eigenvalue weighted by Crippen LogP contribution is -2.36. The van der Waals surface area contributed by atoms with E-state index in [1.54, 1.807) is 18.2 Å². The summed E-state index contributed by atoms with van der Waals surface area (Å²) >= 11 is 3.23. The van der Waals surface area contributed by atoms with Crippen LogP contribution in [0.4, 0.5) is 11.4 Å². The predicted octanol–water partition coefficient (Wildman–Crippen LogP) is 2.73. The number of hydrogen-bond acceptors (Lipinski definition) is 6. The highest BCUT2D eigenvalue weighted by atomic mass is 79.9. The Morgan fingerprint density at radius 3 is 2.40 bits per heavy atom. The first-order valence-electron chi connectivity index (χ1n) is 6.86. The molecular weight excluding hydrogens is 416 g/mol. The quantitative estimate of drug-likeness (QED) is 0.397. The van der Waals surface area contributed by atoms with E-state index in [0.29, 0.717) is 4.47 Å². The van der Waals surface area contributed by atoms with Gasteiger partial charge in [-0.2, -0.15) is 0 Å². The molecule has 0 aromatic heterocycles. The zero-order valence-corrected chi connectivity index (χ0v) is 15.4. The van der Waals surface area contributed by atoms with Gasteiger partial charge in [-0.15, -0.1) is 0 Å². The lowest BCUT2D eigenvalue weighted by Gasteiger charge is -2.24. The summed E-state index contributed by atoms with van der Waals surface area (Å²) in [5.41, 5.74) is -0.421. The van der Waals surface area contributed by atoms with E-state index >= 15 is 0 Å². The number of nitro benzene ring substituents is 1. The van der Waals surface area contributed by atoms with Crippen molar-refractivity contribution in [1.29, 1.82) is 0 Å². The first kappa shape index (κ1) is 18.9. The predicted molar refractivity (Wildman–Crippen MR) is 93.8 cm³/mol. The van der Waals surface area contributed by atoms with Crippen molar-refractivity contribution in [1.82, 2.24) is 0 Å². The summed E-state index contributed by atoms with van der Waals surface area (Å²) in [4.78, 5) is 21.6. The van der Waals surface area contributed by atoms with Gasteiger partial charge in [-0.3, -0.25) is 19.2 Å². The minimum Gasteiger partial charge on any atom is -0.468 e. The molecule has 0 fully saturated rings. The number of carbonyl (C=O) groups excluding carboxylic acids is 1. The van der Waals surface area contributed by atoms with Gasteiger partial charge >= 0.3 is 5.97 Å². The van der Waals surface area contributed by atoms with E-state index in [9.17, 15) is 23.3 Å². The highest BCUT2D eigenvalue weighted by Gasteiger charge is 2.34. The second kappa shape index (κ2) is 7.62. The number of anilines is 1. The standard InChI is InChI=1S/C15H13BrN2O6S/c1-24-15(19)10-17(12-7-3-2-6-11(12)16)25(22,23)14-9-5-4-8-13(14)18(20)21/h2-9H,10H2,1H3. The Morgan fingerprint density at radius 1 is 1.20 bits per heavy atom. The van der Waals surface area contributed by atoms with Crippen molar-refractivity contribution in [2.24, 2.45) is 0 Å². The molecule has 0 aliphatic carbocycles. The van der Waals surface area contributed by atoms with E-state index in [2.05, 4.69) is 20.7 Å². The van der Waals surface area contributed by atoms with E-state index in [0.717, 1.165) is 23.5 Å². The molecule has 8 nitrogen and oxygen atoms in total. The molecule has 0 unspecified atom stereocenters. The van der Waals surface area contributed by atoms with Crippen LogP contribution in [-0.2, 0) is 19.6 Å². The Hall–Kier alpha value is -2.46. The third-order valence-electron chi connectivity index (χ3n) is 3.25. The molecule has 132 valence electrons. The van der Waals surface area contributed by atoms with E-state index in [1.807, 2.05) is 0 Å². The maximum atomic E-state index is 13.1. The third-order valence-corrected chi connectivity index (χ3v) is 5.73. The monoisotopic (exact) mass is 428 g/mol. The molecule has 0 N–H and O–H groups in total. The van der Waals surface area contributed by atoms with Crippen molar-refractivity contribution in [2.75, 3.05) is 18.0 Å². The molecule has 0 aliphatic heterocycles. The minimum atomic E-state index is -4.40. The van der Waals surface area contributed by atoms with Gasteiger partial charge in [-0.05, 0) is 34.1 Å². The number of halogens is 1. The second-order valence-corrected chi connectivity index (χ2v) is 7.45. The molecule has 0 heterocycles. The fraction of sp³-hybridized carbons (Fsp3) is 0.133. The average molecular weight is 429 g/mol. The van der Waals surface area contributed by atoms with Crippen molar-refractivity contribution < 1.29 is 22.9 Å². The molecule has 2 aromatic rings. The largest absolute Gasteiger partial charge is 0.468 e. The van der Waals surface area contributed by atoms with E-state index < -0.39 is 38.0 Å². The van der Waals surface area contributed by atoms with Crippen LogP contribution in [0.3, 0.4) is 0 Å². The minimum absolute atomic E-state index is 0.158. The highest BCUT2D eigenvalue weighted by molar-refractivity contribution is 9.10. The number of benzene rings is 2. The molecular formula is C15H13BrN2O6S. The van der Waals surface area contributed by atoms with Crippen LogP contribution in [0, 0.1) is 10.1 Å². The number of nitrogens with zero attached hydrogens (tertiary/aromatic N) is 2. The van der Waals surface area contributed by atoms with Gasteiger partial charge in [-0.25, -0.2) is 8.42 Å². The van der Waals surface area contributed by atoms with E-state index in [1.165, 1.54) is 18.2 Å². The summed E-state index contributed by atoms with van der Waals surface area (Å²) in [6.45, 7) is -0.631. The summed E-state index contributed by atoms with van der Waals surface area (Å²) in [5, 5.41) is 11.2. The number of para-hydroxylation sites is 2. The topological polar surface area (TPSA) is 107 Å². The summed E-state index contributed by atoms with van der Waals surface area (Å²) < 4.78 is 31.8. The van der Waals surface area contributed by atoms with Crippen LogP contribution in [0.25, 0.3) is 0 Å². The van der Waals surface area contributed by atoms with Crippen molar-refractivity contribution in [3.05, 3.63) is 63.1 Å². The summed E-state index contributed by atoms with van der Waals surface area (Å²) in [5.74, 6) is -0.807. The molecule has 0 amide bonds. The van der Waals surface area contributed by atoms with Crippen LogP contribution in [-0.4, -0.2) is 33.0 Å². The molecule has 2 rings (SSSR count). The molecule has 25 heavy (non-hydrogen) atoms. The highest BCUT2D eigenvalue weighted by Crippen LogP contribution is 2.33. The van der Waals surface area contributed by atoms with E-state index in [-0.39, 0.29) is 5.69 Å². The molecule has 10 heteroatoms. The number of methoxy groups -OCH3 is 1. The van der Waals surface area contributed by atoms with Gasteiger partial charge < -0.3 is 4.74 Å². The zero-order valence-electron chi connectivity index (χ0n) is 13.0. The fourth-order valence-corrected chi connectivity index (χ4v) is 4.28. The number of rotatable bonds is 6. The van der Waals surface area contributed by atoms with Crippen molar-refractivity contribution in [2.45, 2.75) is 4.90 Å². The van der Waals surface area contributed by atoms with Gasteiger partial charge in [-0.1, -0.05) is 24.3 Å². The molecule has 0 radical (unpaired) electrons. The maximum absolute atomic E-state index is 13.1. The number of hydrogen-bond donors (Lipinski definition) is 0. The van der Waals surface area contributed by atoms with Gasteiger partial charge in [0.1, 0.15) is 6.54 Å². The van der Waals surface area contributed by atoms with Crippen LogP contribution in [0.15, 0.2) is 57.9 Å². The van der Waals surface area contributed by atoms with Gasteiger partial charge in [0.15, 0.2) is 4.90 Å². The smallest absolute Gasteiger partial charge is 0.326 e. The zero-order chi connectivity index (χ0) is 18.6. The number of sulfonamides is 1. The lowest BCUT2D eigenvalue weighted by atomic mass is 10.3. The van der Waals surface area contributed by atoms with Crippen molar-refractivity contribution in [3.8, 4) is 0 Å². The molecule has 0 aliphatic rings. The Morgan fingerprint density at radius 2 is 1.80 bits per heavy atom. The normalized spacial score (nSPS) is 11.0. The average Bonchev–Trinajstić information content (AvgIpc) is 2.60. The number of esters is 1. The van der Waals surface area contributed by atoms with Crippen LogP contribution in [0.1, 0.15) is 0 Å². The second-order valence-electron chi connectivity index (χ2n) is 4.76. The first-order valence-corrected chi connectivity index (χ1v) is 9.10. The Labute approximate surface area is 152 Å². The molecule has 0 saturated heterocycles. The molecule has 0 saturated carbocycles. The van der Waals surface area contributed by atoms with E-state index in [4.69, 9.17) is 0 Å². The number of carbonyl (C=O) groups is 1. The van der Waals surface area contributed by atoms with Crippen LogP contribution in [0.2, 0.25) is 0 Å². The summed E-state index contributed by atoms with van der Waals surface area (Å²) in [7, 11) is -3.27. The van der Waals surface area contributed by atoms with Crippen LogP contribution < -0.4 is 4.31 Å². The maximum Gasteiger partial charge on any atom is 0.326 e. The fourth-order valence-electron chi connectivity index (χ4n) is 2.08.